The Morgan fingerprint density at radius 2 is 2.03 bits per heavy atom. The maximum atomic E-state index is 12.7. The van der Waals surface area contributed by atoms with Crippen LogP contribution < -0.4 is 5.32 Å². The number of nitrogens with zero attached hydrogens (tertiary/aromatic N) is 3. The standard InChI is InChI=1S/C18H20N6O4S/c1-12-20-17(23-22-12)13-3-2-4-14(9-13)21-18(25)16-10-15(11-19-16)29(26,27)24-5-7-28-8-6-24/h2-4,9-11,19H,5-8H2,1H3,(H,21,25)(H,20,22,23). The molecule has 0 unspecified atom stereocenters. The number of ether oxygens (including phenoxy) is 1. The monoisotopic (exact) mass is 416 g/mol. The minimum atomic E-state index is -3.67. The predicted molar refractivity (Wildman–Crippen MR) is 105 cm³/mol. The van der Waals surface area contributed by atoms with Crippen LogP contribution in [0.3, 0.4) is 0 Å². The first kappa shape index (κ1) is 19.3. The molecule has 0 bridgehead atoms. The highest BCUT2D eigenvalue weighted by molar-refractivity contribution is 7.89. The second kappa shape index (κ2) is 7.78. The van der Waals surface area contributed by atoms with Gasteiger partial charge in [0.1, 0.15) is 16.4 Å². The van der Waals surface area contributed by atoms with Crippen molar-refractivity contribution in [2.45, 2.75) is 11.8 Å². The molecule has 3 aromatic rings. The van der Waals surface area contributed by atoms with Gasteiger partial charge in [-0.05, 0) is 25.1 Å². The van der Waals surface area contributed by atoms with Gasteiger partial charge in [0.15, 0.2) is 5.82 Å². The Hall–Kier alpha value is -3.02. The van der Waals surface area contributed by atoms with Gasteiger partial charge in [-0.15, -0.1) is 0 Å². The lowest BCUT2D eigenvalue weighted by Crippen LogP contribution is -2.40. The van der Waals surface area contributed by atoms with Crippen molar-refractivity contribution in [3.8, 4) is 11.4 Å². The van der Waals surface area contributed by atoms with Gasteiger partial charge >= 0.3 is 0 Å². The summed E-state index contributed by atoms with van der Waals surface area (Å²) in [4.78, 5) is 19.6. The van der Waals surface area contributed by atoms with Gasteiger partial charge in [0.25, 0.3) is 5.91 Å². The van der Waals surface area contributed by atoms with Gasteiger partial charge in [-0.25, -0.2) is 13.4 Å². The highest BCUT2D eigenvalue weighted by atomic mass is 32.2. The maximum absolute atomic E-state index is 12.7. The zero-order valence-corrected chi connectivity index (χ0v) is 16.5. The number of rotatable bonds is 5. The zero-order valence-electron chi connectivity index (χ0n) is 15.7. The van der Waals surface area contributed by atoms with E-state index in [0.717, 1.165) is 5.56 Å². The molecule has 1 amide bonds. The largest absolute Gasteiger partial charge is 0.379 e. The molecule has 11 heteroatoms. The van der Waals surface area contributed by atoms with E-state index in [1.54, 1.807) is 25.1 Å². The molecule has 152 valence electrons. The van der Waals surface area contributed by atoms with Crippen LogP contribution in [0.4, 0.5) is 5.69 Å². The van der Waals surface area contributed by atoms with Crippen molar-refractivity contribution >= 4 is 21.6 Å². The second-order valence-electron chi connectivity index (χ2n) is 6.54. The number of aromatic nitrogens is 4. The number of amides is 1. The number of anilines is 1. The second-order valence-corrected chi connectivity index (χ2v) is 8.48. The molecular weight excluding hydrogens is 396 g/mol. The van der Waals surface area contributed by atoms with Crippen LogP contribution in [-0.2, 0) is 14.8 Å². The van der Waals surface area contributed by atoms with E-state index in [1.165, 1.54) is 16.6 Å². The minimum Gasteiger partial charge on any atom is -0.379 e. The summed E-state index contributed by atoms with van der Waals surface area (Å²) in [5.74, 6) is 0.768. The van der Waals surface area contributed by atoms with E-state index >= 15 is 0 Å². The first-order chi connectivity index (χ1) is 13.9. The van der Waals surface area contributed by atoms with Gasteiger partial charge in [0.2, 0.25) is 10.0 Å². The Morgan fingerprint density at radius 3 is 2.76 bits per heavy atom. The number of carbonyl (C=O) groups excluding carboxylic acids is 1. The van der Waals surface area contributed by atoms with E-state index in [-0.39, 0.29) is 10.6 Å². The minimum absolute atomic E-state index is 0.0505. The quantitative estimate of drug-likeness (QED) is 0.575. The van der Waals surface area contributed by atoms with Crippen molar-refractivity contribution in [1.82, 2.24) is 24.5 Å². The van der Waals surface area contributed by atoms with Crippen molar-refractivity contribution < 1.29 is 17.9 Å². The van der Waals surface area contributed by atoms with Gasteiger partial charge in [-0.3, -0.25) is 9.89 Å². The van der Waals surface area contributed by atoms with Crippen molar-refractivity contribution in [2.24, 2.45) is 0 Å². The highest BCUT2D eigenvalue weighted by Gasteiger charge is 2.28. The average Bonchev–Trinajstić information content (AvgIpc) is 3.39. The number of hydrogen-bond donors (Lipinski definition) is 3. The van der Waals surface area contributed by atoms with Crippen molar-refractivity contribution in [3.63, 3.8) is 0 Å². The number of carbonyl (C=O) groups is 1. The van der Waals surface area contributed by atoms with Gasteiger partial charge in [0, 0.05) is 30.5 Å². The summed E-state index contributed by atoms with van der Waals surface area (Å²) in [6, 6.07) is 8.42. The van der Waals surface area contributed by atoms with Gasteiger partial charge in [-0.1, -0.05) is 12.1 Å². The molecule has 0 atom stereocenters. The Balaban J connectivity index is 1.50. The predicted octanol–water partition coefficient (Wildman–Crippen LogP) is 1.38. The molecule has 29 heavy (non-hydrogen) atoms. The molecule has 1 fully saturated rings. The van der Waals surface area contributed by atoms with Crippen molar-refractivity contribution in [2.75, 3.05) is 31.6 Å². The lowest BCUT2D eigenvalue weighted by atomic mass is 10.2. The Kier molecular flexibility index (Phi) is 5.18. The lowest BCUT2D eigenvalue weighted by Gasteiger charge is -2.25. The molecule has 1 aromatic carbocycles. The summed E-state index contributed by atoms with van der Waals surface area (Å²) in [7, 11) is -3.67. The molecule has 2 aromatic heterocycles. The van der Waals surface area contributed by atoms with Crippen LogP contribution in [0.15, 0.2) is 41.4 Å². The number of aromatic amines is 2. The van der Waals surface area contributed by atoms with E-state index in [9.17, 15) is 13.2 Å². The molecule has 3 N–H and O–H groups in total. The van der Waals surface area contributed by atoms with E-state index < -0.39 is 15.9 Å². The topological polar surface area (TPSA) is 133 Å². The number of nitrogens with one attached hydrogen (secondary N) is 3. The van der Waals surface area contributed by atoms with Gasteiger partial charge in [-0.2, -0.15) is 9.40 Å². The zero-order chi connectivity index (χ0) is 20.4. The smallest absolute Gasteiger partial charge is 0.272 e. The fourth-order valence-electron chi connectivity index (χ4n) is 3.00. The van der Waals surface area contributed by atoms with Crippen LogP contribution in [-0.4, -0.2) is 65.1 Å². The molecule has 0 saturated carbocycles. The number of benzene rings is 1. The fourth-order valence-corrected chi connectivity index (χ4v) is 4.40. The van der Waals surface area contributed by atoms with Crippen LogP contribution in [0.25, 0.3) is 11.4 Å². The molecule has 10 nitrogen and oxygen atoms in total. The third-order valence-electron chi connectivity index (χ3n) is 4.48. The Bertz CT molecular complexity index is 1130. The van der Waals surface area contributed by atoms with Crippen LogP contribution in [0, 0.1) is 6.92 Å². The highest BCUT2D eigenvalue weighted by Crippen LogP contribution is 2.21. The average molecular weight is 416 g/mol. The SMILES string of the molecule is Cc1nc(-c2cccc(NC(=O)c3cc(S(=O)(=O)N4CCOCC4)c[nH]3)c2)n[nH]1. The summed E-state index contributed by atoms with van der Waals surface area (Å²) >= 11 is 0. The number of sulfonamides is 1. The summed E-state index contributed by atoms with van der Waals surface area (Å²) in [6.45, 7) is 3.11. The van der Waals surface area contributed by atoms with E-state index in [2.05, 4.69) is 25.5 Å². The molecular formula is C18H20N6O4S. The van der Waals surface area contributed by atoms with Gasteiger partial charge < -0.3 is 15.0 Å². The number of morpholine rings is 1. The summed E-state index contributed by atoms with van der Waals surface area (Å²) < 4.78 is 31.9. The molecule has 1 aliphatic heterocycles. The van der Waals surface area contributed by atoms with Crippen LogP contribution in [0.1, 0.15) is 16.3 Å². The Morgan fingerprint density at radius 1 is 1.24 bits per heavy atom. The molecule has 1 aliphatic rings. The third kappa shape index (κ3) is 4.06. The summed E-state index contributed by atoms with van der Waals surface area (Å²) in [6.07, 6.45) is 1.33. The van der Waals surface area contributed by atoms with E-state index in [1.807, 2.05) is 6.07 Å². The van der Waals surface area contributed by atoms with E-state index in [0.29, 0.717) is 43.6 Å². The number of H-pyrrole nitrogens is 2. The molecule has 0 aliphatic carbocycles. The number of aryl methyl sites for hydroxylation is 1. The van der Waals surface area contributed by atoms with Crippen molar-refractivity contribution in [1.29, 1.82) is 0 Å². The summed E-state index contributed by atoms with van der Waals surface area (Å²) in [5.41, 5.74) is 1.44. The number of hydrogen-bond acceptors (Lipinski definition) is 6. The molecule has 0 radical (unpaired) electrons. The van der Waals surface area contributed by atoms with Crippen molar-refractivity contribution in [3.05, 3.63) is 48.0 Å². The van der Waals surface area contributed by atoms with E-state index in [4.69, 9.17) is 4.74 Å². The fraction of sp³-hybridized carbons (Fsp3) is 0.278. The first-order valence-corrected chi connectivity index (χ1v) is 10.4. The van der Waals surface area contributed by atoms with Crippen LogP contribution >= 0.6 is 0 Å². The summed E-state index contributed by atoms with van der Waals surface area (Å²) in [5, 5.41) is 9.63. The van der Waals surface area contributed by atoms with Gasteiger partial charge in [0.05, 0.1) is 13.2 Å². The van der Waals surface area contributed by atoms with Crippen LogP contribution in [0.2, 0.25) is 0 Å². The molecule has 3 heterocycles. The lowest BCUT2D eigenvalue weighted by molar-refractivity contribution is 0.0730. The Labute approximate surface area is 167 Å². The third-order valence-corrected chi connectivity index (χ3v) is 6.36. The molecule has 1 saturated heterocycles. The maximum Gasteiger partial charge on any atom is 0.272 e. The van der Waals surface area contributed by atoms with Crippen LogP contribution in [0.5, 0.6) is 0 Å². The normalized spacial score (nSPS) is 15.3. The molecule has 4 rings (SSSR count). The first-order valence-electron chi connectivity index (χ1n) is 9.00. The molecule has 0 spiro atoms.